The number of methoxy groups -OCH3 is 1. The van der Waals surface area contributed by atoms with E-state index in [0.29, 0.717) is 17.9 Å². The van der Waals surface area contributed by atoms with Crippen LogP contribution in [0, 0.1) is 5.41 Å². The largest absolute Gasteiger partial charge is 0.493 e. The molecule has 19 heavy (non-hydrogen) atoms. The Morgan fingerprint density at radius 1 is 1.32 bits per heavy atom. The van der Waals surface area contributed by atoms with Crippen LogP contribution >= 0.6 is 12.6 Å². The maximum Gasteiger partial charge on any atom is 0.337 e. The topological polar surface area (TPSA) is 35.5 Å². The normalized spacial score (nSPS) is 11.2. The first-order chi connectivity index (χ1) is 9.10. The number of benzene rings is 1. The van der Waals surface area contributed by atoms with Gasteiger partial charge < -0.3 is 9.47 Å². The molecule has 1 aromatic rings. The predicted octanol–water partition coefficient (Wildman–Crippen LogP) is 3.59. The number of ether oxygens (including phenoxy) is 2. The van der Waals surface area contributed by atoms with Gasteiger partial charge in [0.2, 0.25) is 0 Å². The molecular weight excluding hydrogens is 260 g/mol. The van der Waals surface area contributed by atoms with E-state index < -0.39 is 0 Å². The van der Waals surface area contributed by atoms with E-state index in [0.717, 1.165) is 18.6 Å². The summed E-state index contributed by atoms with van der Waals surface area (Å²) < 4.78 is 10.5. The van der Waals surface area contributed by atoms with E-state index in [1.807, 2.05) is 6.07 Å². The van der Waals surface area contributed by atoms with E-state index in [9.17, 15) is 4.79 Å². The summed E-state index contributed by atoms with van der Waals surface area (Å²) in [4.78, 5) is 11.4. The van der Waals surface area contributed by atoms with Gasteiger partial charge in [-0.1, -0.05) is 19.9 Å². The van der Waals surface area contributed by atoms with Gasteiger partial charge in [0.25, 0.3) is 0 Å². The Balaban J connectivity index is 2.75. The summed E-state index contributed by atoms with van der Waals surface area (Å²) in [5, 5.41) is 0. The maximum atomic E-state index is 11.4. The van der Waals surface area contributed by atoms with Crippen LogP contribution in [0.2, 0.25) is 0 Å². The average molecular weight is 282 g/mol. The van der Waals surface area contributed by atoms with Crippen molar-refractivity contribution in [3.8, 4) is 5.75 Å². The van der Waals surface area contributed by atoms with E-state index in [1.165, 1.54) is 7.11 Å². The van der Waals surface area contributed by atoms with Crippen molar-refractivity contribution < 1.29 is 14.3 Å². The van der Waals surface area contributed by atoms with E-state index in [4.69, 9.17) is 9.47 Å². The third-order valence-corrected chi connectivity index (χ3v) is 4.31. The van der Waals surface area contributed by atoms with E-state index in [-0.39, 0.29) is 11.4 Å². The number of thiol groups is 1. The number of carbonyl (C=O) groups is 1. The number of hydrogen-bond donors (Lipinski definition) is 1. The third-order valence-electron chi connectivity index (χ3n) is 3.64. The van der Waals surface area contributed by atoms with Gasteiger partial charge >= 0.3 is 5.97 Å². The zero-order chi connectivity index (χ0) is 14.3. The molecular formula is C15H22O3S. The number of hydrogen-bond acceptors (Lipinski definition) is 4. The van der Waals surface area contributed by atoms with Crippen molar-refractivity contribution in [2.75, 3.05) is 19.5 Å². The molecule has 0 saturated carbocycles. The van der Waals surface area contributed by atoms with Gasteiger partial charge in [-0.15, -0.1) is 0 Å². The lowest BCUT2D eigenvalue weighted by Crippen LogP contribution is -2.29. The first-order valence-electron chi connectivity index (χ1n) is 6.53. The smallest absolute Gasteiger partial charge is 0.337 e. The molecule has 0 saturated heterocycles. The number of rotatable bonds is 7. The van der Waals surface area contributed by atoms with Crippen molar-refractivity contribution in [3.05, 3.63) is 29.8 Å². The zero-order valence-corrected chi connectivity index (χ0v) is 12.7. The molecule has 4 heteroatoms. The second-order valence-electron chi connectivity index (χ2n) is 4.67. The fourth-order valence-corrected chi connectivity index (χ4v) is 2.33. The second kappa shape index (κ2) is 7.43. The summed E-state index contributed by atoms with van der Waals surface area (Å²) in [6.07, 6.45) is 2.04. The molecule has 0 unspecified atom stereocenters. The molecule has 0 aliphatic carbocycles. The van der Waals surface area contributed by atoms with Crippen molar-refractivity contribution >= 4 is 18.6 Å². The molecule has 0 heterocycles. The Morgan fingerprint density at radius 3 is 2.53 bits per heavy atom. The summed E-state index contributed by atoms with van der Waals surface area (Å²) in [6, 6.07) is 7.06. The van der Waals surface area contributed by atoms with Crippen LogP contribution in [-0.4, -0.2) is 25.4 Å². The van der Waals surface area contributed by atoms with Gasteiger partial charge in [-0.05, 0) is 36.8 Å². The van der Waals surface area contributed by atoms with E-state index in [1.54, 1.807) is 18.2 Å². The third kappa shape index (κ3) is 4.16. The van der Waals surface area contributed by atoms with Crippen molar-refractivity contribution in [1.29, 1.82) is 0 Å². The minimum atomic E-state index is -0.350. The molecule has 0 bridgehead atoms. The van der Waals surface area contributed by atoms with Crippen molar-refractivity contribution in [3.63, 3.8) is 0 Å². The monoisotopic (exact) mass is 282 g/mol. The lowest BCUT2D eigenvalue weighted by molar-refractivity contribution is 0.0600. The minimum Gasteiger partial charge on any atom is -0.493 e. The molecule has 106 valence electrons. The molecule has 0 atom stereocenters. The van der Waals surface area contributed by atoms with Gasteiger partial charge in [0, 0.05) is 5.41 Å². The van der Waals surface area contributed by atoms with Gasteiger partial charge in [0.1, 0.15) is 5.75 Å². The quantitative estimate of drug-likeness (QED) is 0.613. The molecule has 0 fully saturated rings. The molecule has 0 spiro atoms. The molecule has 0 radical (unpaired) electrons. The SMILES string of the molecule is CCC(CC)(CS)COc1cccc(C(=O)OC)c1. The molecule has 0 N–H and O–H groups in total. The fourth-order valence-electron chi connectivity index (χ4n) is 1.79. The van der Waals surface area contributed by atoms with Crippen LogP contribution < -0.4 is 4.74 Å². The van der Waals surface area contributed by atoms with Crippen LogP contribution in [-0.2, 0) is 4.74 Å². The van der Waals surface area contributed by atoms with E-state index >= 15 is 0 Å². The number of carbonyl (C=O) groups excluding carboxylic acids is 1. The van der Waals surface area contributed by atoms with Crippen LogP contribution in [0.25, 0.3) is 0 Å². The highest BCUT2D eigenvalue weighted by Gasteiger charge is 2.25. The van der Waals surface area contributed by atoms with Crippen molar-refractivity contribution in [2.24, 2.45) is 5.41 Å². The van der Waals surface area contributed by atoms with Crippen molar-refractivity contribution in [1.82, 2.24) is 0 Å². The fraction of sp³-hybridized carbons (Fsp3) is 0.533. The Bertz CT molecular complexity index is 405. The molecule has 0 aromatic heterocycles. The van der Waals surface area contributed by atoms with Crippen LogP contribution in [0.3, 0.4) is 0 Å². The van der Waals surface area contributed by atoms with Gasteiger partial charge in [0.15, 0.2) is 0 Å². The zero-order valence-electron chi connectivity index (χ0n) is 11.8. The molecule has 0 aliphatic heterocycles. The van der Waals surface area contributed by atoms with Crippen molar-refractivity contribution in [2.45, 2.75) is 26.7 Å². The van der Waals surface area contributed by atoms with Crippen LogP contribution in [0.1, 0.15) is 37.0 Å². The highest BCUT2D eigenvalue weighted by atomic mass is 32.1. The van der Waals surface area contributed by atoms with Gasteiger partial charge in [-0.25, -0.2) is 4.79 Å². The first-order valence-corrected chi connectivity index (χ1v) is 7.16. The summed E-state index contributed by atoms with van der Waals surface area (Å²) in [5.74, 6) is 1.13. The Kier molecular flexibility index (Phi) is 6.22. The number of esters is 1. The standard InChI is InChI=1S/C15H22O3S/c1-4-15(5-2,11-19)10-18-13-8-6-7-12(9-13)14(16)17-3/h6-9,19H,4-5,10-11H2,1-3H3. The molecule has 3 nitrogen and oxygen atoms in total. The van der Waals surface area contributed by atoms with Gasteiger partial charge in [-0.2, -0.15) is 12.6 Å². The van der Waals surface area contributed by atoms with Crippen LogP contribution in [0.5, 0.6) is 5.75 Å². The highest BCUT2D eigenvalue weighted by Crippen LogP contribution is 2.29. The molecule has 1 aromatic carbocycles. The van der Waals surface area contributed by atoms with Gasteiger partial charge in [-0.3, -0.25) is 0 Å². The maximum absolute atomic E-state index is 11.4. The Labute approximate surface area is 120 Å². The summed E-state index contributed by atoms with van der Waals surface area (Å²) in [7, 11) is 1.37. The molecule has 0 aliphatic rings. The Hall–Kier alpha value is -1.16. The Morgan fingerprint density at radius 2 is 2.00 bits per heavy atom. The van der Waals surface area contributed by atoms with Crippen LogP contribution in [0.4, 0.5) is 0 Å². The van der Waals surface area contributed by atoms with Crippen LogP contribution in [0.15, 0.2) is 24.3 Å². The highest BCUT2D eigenvalue weighted by molar-refractivity contribution is 7.80. The first kappa shape index (κ1) is 15.9. The summed E-state index contributed by atoms with van der Waals surface area (Å²) in [5.41, 5.74) is 0.592. The lowest BCUT2D eigenvalue weighted by atomic mass is 9.85. The summed E-state index contributed by atoms with van der Waals surface area (Å²) in [6.45, 7) is 4.90. The average Bonchev–Trinajstić information content (AvgIpc) is 2.48. The molecule has 1 rings (SSSR count). The lowest BCUT2D eigenvalue weighted by Gasteiger charge is -2.29. The molecule has 0 amide bonds. The summed E-state index contributed by atoms with van der Waals surface area (Å²) >= 11 is 4.42. The van der Waals surface area contributed by atoms with E-state index in [2.05, 4.69) is 26.5 Å². The van der Waals surface area contributed by atoms with Gasteiger partial charge in [0.05, 0.1) is 19.3 Å². The predicted molar refractivity (Wildman–Crippen MR) is 80.1 cm³/mol. The second-order valence-corrected chi connectivity index (χ2v) is 4.99. The minimum absolute atomic E-state index is 0.0877.